The second-order valence-electron chi connectivity index (χ2n) is 7.26. The van der Waals surface area contributed by atoms with Crippen molar-refractivity contribution in [2.45, 2.75) is 50.7 Å². The lowest BCUT2D eigenvalue weighted by atomic mass is 9.77. The van der Waals surface area contributed by atoms with E-state index in [9.17, 15) is 14.7 Å². The van der Waals surface area contributed by atoms with E-state index in [-0.39, 0.29) is 30.7 Å². The fourth-order valence-corrected chi connectivity index (χ4v) is 3.87. The van der Waals surface area contributed by atoms with Gasteiger partial charge in [0.1, 0.15) is 0 Å². The highest BCUT2D eigenvalue weighted by atomic mass is 16.5. The predicted molar refractivity (Wildman–Crippen MR) is 95.3 cm³/mol. The summed E-state index contributed by atoms with van der Waals surface area (Å²) in [5.74, 6) is -0.687. The van der Waals surface area contributed by atoms with E-state index in [2.05, 4.69) is 6.08 Å². The highest BCUT2D eigenvalue weighted by Gasteiger charge is 2.44. The molecule has 0 unspecified atom stereocenters. The number of carbonyl (C=O) groups is 2. The molecule has 1 aliphatic carbocycles. The van der Waals surface area contributed by atoms with E-state index in [1.807, 2.05) is 24.3 Å². The Kier molecular flexibility index (Phi) is 5.50. The first-order valence-electron chi connectivity index (χ1n) is 9.12. The van der Waals surface area contributed by atoms with Crippen molar-refractivity contribution in [2.24, 2.45) is 11.8 Å². The van der Waals surface area contributed by atoms with Crippen molar-refractivity contribution in [2.75, 3.05) is 6.61 Å². The number of hydrogen-bond acceptors (Lipinski definition) is 4. The summed E-state index contributed by atoms with van der Waals surface area (Å²) < 4.78 is 5.95. The molecule has 3 rings (SSSR count). The van der Waals surface area contributed by atoms with Crippen LogP contribution < -0.4 is 0 Å². The molecule has 4 heteroatoms. The molecular formula is C21H26O4. The molecule has 1 aromatic carbocycles. The van der Waals surface area contributed by atoms with Crippen molar-refractivity contribution >= 4 is 11.6 Å². The van der Waals surface area contributed by atoms with E-state index >= 15 is 0 Å². The van der Waals surface area contributed by atoms with Gasteiger partial charge in [0, 0.05) is 23.8 Å². The minimum absolute atomic E-state index is 0.0411. The lowest BCUT2D eigenvalue weighted by Crippen LogP contribution is -2.51. The summed E-state index contributed by atoms with van der Waals surface area (Å²) >= 11 is 0. The molecule has 4 nitrogen and oxygen atoms in total. The van der Waals surface area contributed by atoms with Gasteiger partial charge in [0.15, 0.2) is 17.2 Å². The standard InChI is InChI=1S/C21H26O4/c1-15(22)21(24)14-25-20-10-6-5-9-17(20)11-12-18(21)13-19(23)16-7-3-2-4-8-16/h2-4,7-8,11-12,17-18,20,24H,5-6,9-10,13-14H2,1H3/t17-,18-,20+,21+/m1/s1. The smallest absolute Gasteiger partial charge is 0.164 e. The van der Waals surface area contributed by atoms with Gasteiger partial charge in [-0.2, -0.15) is 0 Å². The highest BCUT2D eigenvalue weighted by molar-refractivity contribution is 5.97. The molecule has 0 radical (unpaired) electrons. The summed E-state index contributed by atoms with van der Waals surface area (Å²) in [6.45, 7) is 1.33. The summed E-state index contributed by atoms with van der Waals surface area (Å²) in [7, 11) is 0. The van der Waals surface area contributed by atoms with Crippen molar-refractivity contribution in [3.8, 4) is 0 Å². The van der Waals surface area contributed by atoms with Gasteiger partial charge < -0.3 is 9.84 Å². The van der Waals surface area contributed by atoms with Crippen LogP contribution in [0.3, 0.4) is 0 Å². The zero-order valence-corrected chi connectivity index (χ0v) is 14.7. The predicted octanol–water partition coefficient (Wildman–Crippen LogP) is 3.34. The van der Waals surface area contributed by atoms with Gasteiger partial charge in [-0.05, 0) is 19.8 Å². The van der Waals surface area contributed by atoms with E-state index in [1.54, 1.807) is 12.1 Å². The molecule has 1 aromatic rings. The lowest BCUT2D eigenvalue weighted by Gasteiger charge is -2.38. The number of fused-ring (bicyclic) bond motifs is 1. The molecule has 1 N–H and O–H groups in total. The third kappa shape index (κ3) is 3.91. The molecule has 0 aromatic heterocycles. The first-order chi connectivity index (χ1) is 12.0. The van der Waals surface area contributed by atoms with E-state index in [1.165, 1.54) is 13.3 Å². The fourth-order valence-electron chi connectivity index (χ4n) is 3.87. The van der Waals surface area contributed by atoms with Crippen LogP contribution in [0.4, 0.5) is 0 Å². The van der Waals surface area contributed by atoms with Crippen LogP contribution in [-0.4, -0.2) is 35.0 Å². The monoisotopic (exact) mass is 342 g/mol. The van der Waals surface area contributed by atoms with Crippen LogP contribution >= 0.6 is 0 Å². The molecule has 2 aliphatic rings. The number of ether oxygens (including phenoxy) is 1. The van der Waals surface area contributed by atoms with Crippen LogP contribution in [0.15, 0.2) is 42.5 Å². The number of Topliss-reactive ketones (excluding diaryl/α,β-unsaturated/α-hetero) is 2. The Morgan fingerprint density at radius 3 is 2.60 bits per heavy atom. The summed E-state index contributed by atoms with van der Waals surface area (Å²) in [4.78, 5) is 24.8. The van der Waals surface area contributed by atoms with Crippen molar-refractivity contribution < 1.29 is 19.4 Å². The number of aliphatic hydroxyl groups is 1. The summed E-state index contributed by atoms with van der Waals surface area (Å²) in [6, 6.07) is 9.00. The average Bonchev–Trinajstić information content (AvgIpc) is 2.63. The Labute approximate surface area is 148 Å². The molecule has 134 valence electrons. The van der Waals surface area contributed by atoms with E-state index in [4.69, 9.17) is 4.74 Å². The maximum atomic E-state index is 12.6. The van der Waals surface area contributed by atoms with E-state index < -0.39 is 11.5 Å². The minimum atomic E-state index is -1.65. The van der Waals surface area contributed by atoms with Crippen molar-refractivity contribution in [3.63, 3.8) is 0 Å². The first-order valence-corrected chi connectivity index (χ1v) is 9.12. The molecule has 1 fully saturated rings. The molecule has 0 amide bonds. The van der Waals surface area contributed by atoms with Gasteiger partial charge in [-0.15, -0.1) is 0 Å². The molecule has 0 saturated heterocycles. The maximum absolute atomic E-state index is 12.6. The first kappa shape index (κ1) is 18.0. The van der Waals surface area contributed by atoms with Crippen molar-refractivity contribution in [1.82, 2.24) is 0 Å². The Morgan fingerprint density at radius 1 is 1.16 bits per heavy atom. The number of hydrogen-bond donors (Lipinski definition) is 1. The van der Waals surface area contributed by atoms with Gasteiger partial charge in [-0.25, -0.2) is 0 Å². The topological polar surface area (TPSA) is 63.6 Å². The Balaban J connectivity index is 1.85. The number of benzene rings is 1. The molecule has 0 bridgehead atoms. The average molecular weight is 342 g/mol. The molecule has 1 aliphatic heterocycles. The number of rotatable bonds is 4. The molecule has 0 spiro atoms. The summed E-state index contributed by atoms with van der Waals surface area (Å²) in [5.41, 5.74) is -1.05. The largest absolute Gasteiger partial charge is 0.379 e. The SMILES string of the molecule is CC(=O)[C@@]1(O)CO[C@H]2CCCC[C@@H]2C=C[C@@H]1CC(=O)c1ccccc1. The molecule has 1 saturated carbocycles. The van der Waals surface area contributed by atoms with E-state index in [0.29, 0.717) is 11.5 Å². The van der Waals surface area contributed by atoms with Gasteiger partial charge >= 0.3 is 0 Å². The minimum Gasteiger partial charge on any atom is -0.379 e. The third-order valence-electron chi connectivity index (χ3n) is 5.59. The van der Waals surface area contributed by atoms with Gasteiger partial charge in [-0.3, -0.25) is 9.59 Å². The summed E-state index contributed by atoms with van der Waals surface area (Å²) in [5, 5.41) is 11.0. The zero-order chi connectivity index (χ0) is 17.9. The number of ketones is 2. The second-order valence-corrected chi connectivity index (χ2v) is 7.26. The zero-order valence-electron chi connectivity index (χ0n) is 14.7. The van der Waals surface area contributed by atoms with Gasteiger partial charge in [0.05, 0.1) is 12.7 Å². The molecule has 1 heterocycles. The van der Waals surface area contributed by atoms with Gasteiger partial charge in [-0.1, -0.05) is 55.3 Å². The molecule has 25 heavy (non-hydrogen) atoms. The van der Waals surface area contributed by atoms with E-state index in [0.717, 1.165) is 19.3 Å². The Hall–Kier alpha value is -1.78. The normalized spacial score (nSPS) is 32.3. The van der Waals surface area contributed by atoms with Crippen LogP contribution in [0.2, 0.25) is 0 Å². The van der Waals surface area contributed by atoms with Crippen LogP contribution in [-0.2, 0) is 9.53 Å². The fraction of sp³-hybridized carbons (Fsp3) is 0.524. The van der Waals surface area contributed by atoms with Crippen molar-refractivity contribution in [1.29, 1.82) is 0 Å². The summed E-state index contributed by atoms with van der Waals surface area (Å²) in [6.07, 6.45) is 8.38. The lowest BCUT2D eigenvalue weighted by molar-refractivity contribution is -0.155. The molecule has 4 atom stereocenters. The Morgan fingerprint density at radius 2 is 1.88 bits per heavy atom. The second kappa shape index (κ2) is 7.63. The van der Waals surface area contributed by atoms with Gasteiger partial charge in [0.25, 0.3) is 0 Å². The quantitative estimate of drug-likeness (QED) is 0.673. The van der Waals surface area contributed by atoms with Crippen molar-refractivity contribution in [3.05, 3.63) is 48.0 Å². The van der Waals surface area contributed by atoms with Crippen LogP contribution in [0, 0.1) is 11.8 Å². The number of carbonyl (C=O) groups excluding carboxylic acids is 2. The molecular weight excluding hydrogens is 316 g/mol. The van der Waals surface area contributed by atoms with Crippen LogP contribution in [0.5, 0.6) is 0 Å². The Bertz CT molecular complexity index is 651. The van der Waals surface area contributed by atoms with Crippen LogP contribution in [0.1, 0.15) is 49.4 Å². The van der Waals surface area contributed by atoms with Gasteiger partial charge in [0.2, 0.25) is 0 Å². The van der Waals surface area contributed by atoms with Crippen LogP contribution in [0.25, 0.3) is 0 Å². The highest BCUT2D eigenvalue weighted by Crippen LogP contribution is 2.35. The third-order valence-corrected chi connectivity index (χ3v) is 5.59. The maximum Gasteiger partial charge on any atom is 0.164 e.